The normalized spacial score (nSPS) is 22.3. The molecule has 0 saturated carbocycles. The molecule has 0 radical (unpaired) electrons. The van der Waals surface area contributed by atoms with Gasteiger partial charge >= 0.3 is 5.97 Å². The van der Waals surface area contributed by atoms with E-state index in [1.807, 2.05) is 26.0 Å². The summed E-state index contributed by atoms with van der Waals surface area (Å²) < 4.78 is 38.7. The molecule has 6 nitrogen and oxygen atoms in total. The van der Waals surface area contributed by atoms with E-state index in [0.29, 0.717) is 5.75 Å². The van der Waals surface area contributed by atoms with Gasteiger partial charge in [-0.25, -0.2) is 13.2 Å². The number of hydrogen-bond donors (Lipinski definition) is 0. The second-order valence-electron chi connectivity index (χ2n) is 7.78. The number of fused-ring (bicyclic) bond motifs is 1. The van der Waals surface area contributed by atoms with Crippen LogP contribution in [0.15, 0.2) is 47.4 Å². The lowest BCUT2D eigenvalue weighted by Gasteiger charge is -2.34. The molecule has 0 N–H and O–H groups in total. The van der Waals surface area contributed by atoms with Gasteiger partial charge in [-0.1, -0.05) is 12.1 Å². The van der Waals surface area contributed by atoms with Crippen molar-refractivity contribution in [2.75, 3.05) is 13.1 Å². The van der Waals surface area contributed by atoms with E-state index in [2.05, 4.69) is 0 Å². The van der Waals surface area contributed by atoms with Gasteiger partial charge in [-0.3, -0.25) is 0 Å². The summed E-state index contributed by atoms with van der Waals surface area (Å²) in [5.74, 6) is -0.0801. The van der Waals surface area contributed by atoms with Gasteiger partial charge < -0.3 is 9.47 Å². The molecule has 4 rings (SSSR count). The van der Waals surface area contributed by atoms with E-state index in [-0.39, 0.29) is 35.8 Å². The van der Waals surface area contributed by atoms with Crippen molar-refractivity contribution >= 4 is 16.0 Å². The first-order valence-corrected chi connectivity index (χ1v) is 11.4. The maximum absolute atomic E-state index is 13.1. The molecule has 2 aromatic rings. The van der Waals surface area contributed by atoms with Crippen molar-refractivity contribution in [2.24, 2.45) is 0 Å². The number of hydrogen-bond acceptors (Lipinski definition) is 5. The average molecular weight is 416 g/mol. The number of aryl methyl sites for hydroxylation is 2. The highest BCUT2D eigenvalue weighted by Crippen LogP contribution is 2.27. The monoisotopic (exact) mass is 415 g/mol. The number of esters is 1. The Kier molecular flexibility index (Phi) is 5.46. The minimum Gasteiger partial charge on any atom is -0.423 e. The van der Waals surface area contributed by atoms with Gasteiger partial charge in [0.1, 0.15) is 5.75 Å². The summed E-state index contributed by atoms with van der Waals surface area (Å²) >= 11 is 0. The lowest BCUT2D eigenvalue weighted by molar-refractivity contribution is -0.0440. The van der Waals surface area contributed by atoms with Gasteiger partial charge in [0, 0.05) is 13.1 Å². The molecule has 1 aliphatic heterocycles. The quantitative estimate of drug-likeness (QED) is 0.566. The largest absolute Gasteiger partial charge is 0.423 e. The Morgan fingerprint density at radius 2 is 1.76 bits per heavy atom. The van der Waals surface area contributed by atoms with Crippen LogP contribution in [0.25, 0.3) is 0 Å². The average Bonchev–Trinajstić information content (AvgIpc) is 3.15. The van der Waals surface area contributed by atoms with Crippen LogP contribution < -0.4 is 4.74 Å². The Hall–Kier alpha value is -2.22. The standard InChI is InChI=1S/C22H25NO5S/c1-15-13-23(14-16(2)27-15)29(25,26)21-8-4-7-19(12-21)22(24)28-20-10-9-17-5-3-6-18(17)11-20/h4,7-12,15-16H,3,5-6,13-14H2,1-2H3/t15-,16+. The highest BCUT2D eigenvalue weighted by Gasteiger charge is 2.32. The van der Waals surface area contributed by atoms with Crippen LogP contribution in [0, 0.1) is 0 Å². The van der Waals surface area contributed by atoms with Crippen LogP contribution in [0.4, 0.5) is 0 Å². The van der Waals surface area contributed by atoms with Gasteiger partial charge in [0.05, 0.1) is 22.7 Å². The summed E-state index contributed by atoms with van der Waals surface area (Å²) in [4.78, 5) is 12.7. The second-order valence-corrected chi connectivity index (χ2v) is 9.72. The second kappa shape index (κ2) is 7.89. The Balaban J connectivity index is 1.54. The molecule has 2 atom stereocenters. The molecule has 0 aromatic heterocycles. The molecule has 1 saturated heterocycles. The van der Waals surface area contributed by atoms with Crippen LogP contribution in [0.1, 0.15) is 41.8 Å². The molecule has 2 aliphatic rings. The van der Waals surface area contributed by atoms with Crippen molar-refractivity contribution in [3.8, 4) is 5.75 Å². The molecule has 1 fully saturated rings. The molecular formula is C22H25NO5S. The van der Waals surface area contributed by atoms with E-state index in [1.54, 1.807) is 18.2 Å². The fourth-order valence-corrected chi connectivity index (χ4v) is 5.67. The van der Waals surface area contributed by atoms with E-state index in [4.69, 9.17) is 9.47 Å². The van der Waals surface area contributed by atoms with Crippen molar-refractivity contribution in [3.63, 3.8) is 0 Å². The first kappa shape index (κ1) is 20.1. The third-order valence-corrected chi connectivity index (χ3v) is 7.20. The van der Waals surface area contributed by atoms with E-state index >= 15 is 0 Å². The van der Waals surface area contributed by atoms with Gasteiger partial charge in [0.15, 0.2) is 0 Å². The van der Waals surface area contributed by atoms with Crippen LogP contribution in [0.2, 0.25) is 0 Å². The highest BCUT2D eigenvalue weighted by molar-refractivity contribution is 7.89. The van der Waals surface area contributed by atoms with Gasteiger partial charge in [-0.05, 0) is 74.6 Å². The van der Waals surface area contributed by atoms with Gasteiger partial charge in [-0.2, -0.15) is 4.31 Å². The molecule has 1 aliphatic carbocycles. The predicted molar refractivity (Wildman–Crippen MR) is 109 cm³/mol. The van der Waals surface area contributed by atoms with Crippen molar-refractivity contribution in [2.45, 2.75) is 50.2 Å². The van der Waals surface area contributed by atoms with Gasteiger partial charge in [0.25, 0.3) is 0 Å². The number of nitrogens with zero attached hydrogens (tertiary/aromatic N) is 1. The van der Waals surface area contributed by atoms with Crippen LogP contribution >= 0.6 is 0 Å². The summed E-state index contributed by atoms with van der Waals surface area (Å²) in [6, 6.07) is 11.7. The summed E-state index contributed by atoms with van der Waals surface area (Å²) in [7, 11) is -3.72. The van der Waals surface area contributed by atoms with Crippen molar-refractivity contribution in [1.82, 2.24) is 4.31 Å². The lowest BCUT2D eigenvalue weighted by atomic mass is 10.1. The van der Waals surface area contributed by atoms with Crippen LogP contribution in [0.5, 0.6) is 5.75 Å². The number of rotatable bonds is 4. The summed E-state index contributed by atoms with van der Waals surface area (Å²) in [5.41, 5.74) is 2.72. The number of carbonyl (C=O) groups excluding carboxylic acids is 1. The first-order chi connectivity index (χ1) is 13.8. The fraction of sp³-hybridized carbons (Fsp3) is 0.409. The lowest BCUT2D eigenvalue weighted by Crippen LogP contribution is -2.48. The first-order valence-electron chi connectivity index (χ1n) is 9.92. The number of morpholine rings is 1. The number of benzene rings is 2. The number of sulfonamides is 1. The SMILES string of the molecule is C[C@@H]1CN(S(=O)(=O)c2cccc(C(=O)Oc3ccc4c(c3)CCC4)c2)C[C@H](C)O1. The van der Waals surface area contributed by atoms with Crippen molar-refractivity contribution in [1.29, 1.82) is 0 Å². The summed E-state index contributed by atoms with van der Waals surface area (Å²) in [6.07, 6.45) is 2.81. The Bertz CT molecular complexity index is 1020. The zero-order valence-electron chi connectivity index (χ0n) is 16.6. The Morgan fingerprint density at radius 3 is 2.52 bits per heavy atom. The predicted octanol–water partition coefficient (Wildman–Crippen LogP) is 3.19. The van der Waals surface area contributed by atoms with Crippen molar-refractivity contribution < 1.29 is 22.7 Å². The third kappa shape index (κ3) is 4.22. The molecule has 0 unspecified atom stereocenters. The van der Waals surface area contributed by atoms with Gasteiger partial charge in [-0.15, -0.1) is 0 Å². The van der Waals surface area contributed by atoms with Crippen molar-refractivity contribution in [3.05, 3.63) is 59.2 Å². The molecule has 154 valence electrons. The number of carbonyl (C=O) groups is 1. The molecule has 0 spiro atoms. The third-order valence-electron chi connectivity index (χ3n) is 5.37. The topological polar surface area (TPSA) is 72.9 Å². The minimum absolute atomic E-state index is 0.0854. The number of ether oxygens (including phenoxy) is 2. The summed E-state index contributed by atoms with van der Waals surface area (Å²) in [5, 5.41) is 0. The Labute approximate surface area is 171 Å². The molecule has 0 amide bonds. The molecule has 0 bridgehead atoms. The molecular weight excluding hydrogens is 390 g/mol. The smallest absolute Gasteiger partial charge is 0.343 e. The zero-order valence-corrected chi connectivity index (χ0v) is 17.4. The van der Waals surface area contributed by atoms with E-state index in [9.17, 15) is 13.2 Å². The molecule has 7 heteroatoms. The van der Waals surface area contributed by atoms with Gasteiger partial charge in [0.2, 0.25) is 10.0 Å². The maximum atomic E-state index is 13.1. The van der Waals surface area contributed by atoms with Crippen LogP contribution in [-0.4, -0.2) is 44.0 Å². The highest BCUT2D eigenvalue weighted by atomic mass is 32.2. The van der Waals surface area contributed by atoms with Crippen LogP contribution in [0.3, 0.4) is 0 Å². The molecule has 1 heterocycles. The molecule has 2 aromatic carbocycles. The van der Waals surface area contributed by atoms with E-state index < -0.39 is 16.0 Å². The van der Waals surface area contributed by atoms with E-state index in [1.165, 1.54) is 27.6 Å². The maximum Gasteiger partial charge on any atom is 0.343 e. The van der Waals surface area contributed by atoms with Crippen LogP contribution in [-0.2, 0) is 27.6 Å². The summed E-state index contributed by atoms with van der Waals surface area (Å²) in [6.45, 7) is 4.28. The van der Waals surface area contributed by atoms with E-state index in [0.717, 1.165) is 19.3 Å². The Morgan fingerprint density at radius 1 is 1.03 bits per heavy atom. The fourth-order valence-electron chi connectivity index (χ4n) is 4.04. The minimum atomic E-state index is -3.72. The molecule has 29 heavy (non-hydrogen) atoms. The zero-order chi connectivity index (χ0) is 20.6.